The Morgan fingerprint density at radius 3 is 2.76 bits per heavy atom. The molecule has 3 nitrogen and oxygen atoms in total. The molecule has 1 amide bonds. The molecular weight excluding hydrogens is 304 g/mol. The van der Waals surface area contributed by atoms with Gasteiger partial charge >= 0.3 is 0 Å². The summed E-state index contributed by atoms with van der Waals surface area (Å²) in [5.41, 5.74) is 6.30. The molecule has 0 spiro atoms. The second-order valence-corrected chi connectivity index (χ2v) is 5.83. The molecule has 1 aromatic carbocycles. The van der Waals surface area contributed by atoms with E-state index < -0.39 is 0 Å². The standard InChI is InChI=1S/C12H14BrClN2O/c13-8-1-2-9(10(14)5-8)11(17)16-7-12(6-15)3-4-12/h1-2,5H,3-4,6-7,15H2,(H,16,17). The molecule has 0 radical (unpaired) electrons. The number of nitrogens with two attached hydrogens (primary N) is 1. The third-order valence-corrected chi connectivity index (χ3v) is 4.00. The number of carbonyl (C=O) groups excluding carboxylic acids is 1. The first-order chi connectivity index (χ1) is 8.06. The van der Waals surface area contributed by atoms with Gasteiger partial charge in [0.1, 0.15) is 0 Å². The number of halogens is 2. The molecule has 1 saturated carbocycles. The van der Waals surface area contributed by atoms with Gasteiger partial charge in [0.25, 0.3) is 5.91 Å². The van der Waals surface area contributed by atoms with E-state index in [-0.39, 0.29) is 11.3 Å². The molecular formula is C12H14BrClN2O. The molecule has 1 aliphatic carbocycles. The van der Waals surface area contributed by atoms with E-state index in [0.29, 0.717) is 23.7 Å². The molecule has 17 heavy (non-hydrogen) atoms. The van der Waals surface area contributed by atoms with Gasteiger partial charge in [0.15, 0.2) is 0 Å². The molecule has 0 aromatic heterocycles. The Hall–Kier alpha value is -0.580. The van der Waals surface area contributed by atoms with Crippen molar-refractivity contribution in [2.24, 2.45) is 11.1 Å². The molecule has 1 fully saturated rings. The van der Waals surface area contributed by atoms with Crippen molar-refractivity contribution < 1.29 is 4.79 Å². The first kappa shape index (κ1) is 12.9. The van der Waals surface area contributed by atoms with Gasteiger partial charge < -0.3 is 11.1 Å². The Kier molecular flexibility index (Phi) is 3.76. The summed E-state index contributed by atoms with van der Waals surface area (Å²) in [5.74, 6) is -0.137. The van der Waals surface area contributed by atoms with Crippen LogP contribution in [0.5, 0.6) is 0 Å². The van der Waals surface area contributed by atoms with E-state index in [1.165, 1.54) is 0 Å². The number of amides is 1. The normalized spacial score (nSPS) is 16.6. The Balaban J connectivity index is 2.00. The third-order valence-electron chi connectivity index (χ3n) is 3.19. The van der Waals surface area contributed by atoms with Gasteiger partial charge in [-0.25, -0.2) is 0 Å². The fourth-order valence-corrected chi connectivity index (χ4v) is 2.43. The van der Waals surface area contributed by atoms with Crippen molar-refractivity contribution in [3.63, 3.8) is 0 Å². The van der Waals surface area contributed by atoms with E-state index in [1.54, 1.807) is 18.2 Å². The average Bonchev–Trinajstić information content (AvgIpc) is 3.07. The smallest absolute Gasteiger partial charge is 0.252 e. The van der Waals surface area contributed by atoms with Crippen molar-refractivity contribution in [1.29, 1.82) is 0 Å². The second-order valence-electron chi connectivity index (χ2n) is 4.51. The quantitative estimate of drug-likeness (QED) is 0.897. The summed E-state index contributed by atoms with van der Waals surface area (Å²) in [6.45, 7) is 1.26. The minimum atomic E-state index is -0.137. The minimum Gasteiger partial charge on any atom is -0.351 e. The Morgan fingerprint density at radius 2 is 2.24 bits per heavy atom. The number of nitrogens with one attached hydrogen (secondary N) is 1. The van der Waals surface area contributed by atoms with Crippen molar-refractivity contribution in [2.45, 2.75) is 12.8 Å². The van der Waals surface area contributed by atoms with Crippen molar-refractivity contribution in [3.05, 3.63) is 33.3 Å². The van der Waals surface area contributed by atoms with Crippen LogP contribution in [-0.4, -0.2) is 19.0 Å². The van der Waals surface area contributed by atoms with Gasteiger partial charge in [-0.05, 0) is 37.6 Å². The van der Waals surface area contributed by atoms with Crippen LogP contribution in [0.3, 0.4) is 0 Å². The topological polar surface area (TPSA) is 55.1 Å². The maximum absolute atomic E-state index is 11.9. The highest BCUT2D eigenvalue weighted by Gasteiger charge is 2.41. The van der Waals surface area contributed by atoms with Crippen LogP contribution < -0.4 is 11.1 Å². The van der Waals surface area contributed by atoms with Gasteiger partial charge in [-0.2, -0.15) is 0 Å². The van der Waals surface area contributed by atoms with E-state index in [1.807, 2.05) is 0 Å². The maximum atomic E-state index is 11.9. The zero-order chi connectivity index (χ0) is 12.5. The molecule has 2 rings (SSSR count). The maximum Gasteiger partial charge on any atom is 0.252 e. The van der Waals surface area contributed by atoms with Crippen molar-refractivity contribution >= 4 is 33.4 Å². The zero-order valence-electron chi connectivity index (χ0n) is 9.30. The van der Waals surface area contributed by atoms with E-state index >= 15 is 0 Å². The van der Waals surface area contributed by atoms with E-state index in [0.717, 1.165) is 17.3 Å². The molecule has 92 valence electrons. The lowest BCUT2D eigenvalue weighted by Gasteiger charge is -2.13. The predicted octanol–water partition coefficient (Wildman–Crippen LogP) is 2.57. The number of hydrogen-bond acceptors (Lipinski definition) is 2. The second kappa shape index (κ2) is 4.96. The van der Waals surface area contributed by atoms with Crippen LogP contribution in [0, 0.1) is 5.41 Å². The molecule has 5 heteroatoms. The van der Waals surface area contributed by atoms with Gasteiger partial charge in [-0.1, -0.05) is 27.5 Å². The van der Waals surface area contributed by atoms with Crippen molar-refractivity contribution in [2.75, 3.05) is 13.1 Å². The summed E-state index contributed by atoms with van der Waals surface area (Å²) in [7, 11) is 0. The van der Waals surface area contributed by atoms with Gasteiger partial charge in [0.05, 0.1) is 10.6 Å². The fourth-order valence-electron chi connectivity index (χ4n) is 1.67. The summed E-state index contributed by atoms with van der Waals surface area (Å²) in [6, 6.07) is 5.23. The number of benzene rings is 1. The Labute approximate surface area is 114 Å². The summed E-state index contributed by atoms with van der Waals surface area (Å²) >= 11 is 9.31. The highest BCUT2D eigenvalue weighted by molar-refractivity contribution is 9.10. The molecule has 0 bridgehead atoms. The summed E-state index contributed by atoms with van der Waals surface area (Å²) < 4.78 is 0.861. The van der Waals surface area contributed by atoms with Crippen LogP contribution in [0.25, 0.3) is 0 Å². The lowest BCUT2D eigenvalue weighted by molar-refractivity contribution is 0.0945. The van der Waals surface area contributed by atoms with Crippen molar-refractivity contribution in [3.8, 4) is 0 Å². The fraction of sp³-hybridized carbons (Fsp3) is 0.417. The van der Waals surface area contributed by atoms with Gasteiger partial charge in [-0.3, -0.25) is 4.79 Å². The van der Waals surface area contributed by atoms with Crippen molar-refractivity contribution in [1.82, 2.24) is 5.32 Å². The van der Waals surface area contributed by atoms with Crippen LogP contribution in [-0.2, 0) is 0 Å². The molecule has 0 heterocycles. The van der Waals surface area contributed by atoms with Crippen LogP contribution in [0.1, 0.15) is 23.2 Å². The number of hydrogen-bond donors (Lipinski definition) is 2. The van der Waals surface area contributed by atoms with Gasteiger partial charge in [-0.15, -0.1) is 0 Å². The Morgan fingerprint density at radius 1 is 1.53 bits per heavy atom. The zero-order valence-corrected chi connectivity index (χ0v) is 11.6. The number of carbonyl (C=O) groups is 1. The molecule has 1 aliphatic rings. The summed E-state index contributed by atoms with van der Waals surface area (Å²) in [4.78, 5) is 11.9. The van der Waals surface area contributed by atoms with Crippen LogP contribution in [0.2, 0.25) is 5.02 Å². The van der Waals surface area contributed by atoms with Crippen LogP contribution in [0.15, 0.2) is 22.7 Å². The molecule has 0 unspecified atom stereocenters. The first-order valence-corrected chi connectivity index (χ1v) is 6.67. The predicted molar refractivity (Wildman–Crippen MR) is 72.2 cm³/mol. The monoisotopic (exact) mass is 316 g/mol. The van der Waals surface area contributed by atoms with E-state index in [9.17, 15) is 4.79 Å². The van der Waals surface area contributed by atoms with E-state index in [4.69, 9.17) is 17.3 Å². The SMILES string of the molecule is NCC1(CNC(=O)c2ccc(Br)cc2Cl)CC1. The van der Waals surface area contributed by atoms with Gasteiger partial charge in [0.2, 0.25) is 0 Å². The van der Waals surface area contributed by atoms with Crippen LogP contribution >= 0.6 is 27.5 Å². The van der Waals surface area contributed by atoms with Gasteiger partial charge in [0, 0.05) is 16.4 Å². The Bertz CT molecular complexity index is 446. The minimum absolute atomic E-state index is 0.136. The molecule has 1 aromatic rings. The largest absolute Gasteiger partial charge is 0.351 e. The van der Waals surface area contributed by atoms with E-state index in [2.05, 4.69) is 21.2 Å². The highest BCUT2D eigenvalue weighted by Crippen LogP contribution is 2.43. The summed E-state index contributed by atoms with van der Waals surface area (Å²) in [5, 5.41) is 3.35. The lowest BCUT2D eigenvalue weighted by Crippen LogP contribution is -2.34. The van der Waals surface area contributed by atoms with Crippen LogP contribution in [0.4, 0.5) is 0 Å². The molecule has 0 atom stereocenters. The summed E-state index contributed by atoms with van der Waals surface area (Å²) in [6.07, 6.45) is 2.19. The molecule has 3 N–H and O–H groups in total. The third kappa shape index (κ3) is 3.00. The average molecular weight is 318 g/mol. The molecule has 0 saturated heterocycles. The first-order valence-electron chi connectivity index (χ1n) is 5.50. The highest BCUT2D eigenvalue weighted by atomic mass is 79.9. The lowest BCUT2D eigenvalue weighted by atomic mass is 10.1. The molecule has 0 aliphatic heterocycles. The number of rotatable bonds is 4.